The quantitative estimate of drug-likeness (QED) is 0.0906. The van der Waals surface area contributed by atoms with E-state index in [9.17, 15) is 14.4 Å². The normalized spacial score (nSPS) is 19.3. The summed E-state index contributed by atoms with van der Waals surface area (Å²) in [5.74, 6) is 0.836. The third kappa shape index (κ3) is 14.1. The molecule has 0 bridgehead atoms. The van der Waals surface area contributed by atoms with Gasteiger partial charge in [0.25, 0.3) is 0 Å². The minimum Gasteiger partial charge on any atom is -0.461 e. The first-order valence-corrected chi connectivity index (χ1v) is 14.9. The van der Waals surface area contributed by atoms with Crippen LogP contribution in [0.5, 0.6) is 0 Å². The van der Waals surface area contributed by atoms with Crippen molar-refractivity contribution >= 4 is 18.2 Å². The molecule has 0 aromatic rings. The van der Waals surface area contributed by atoms with Crippen molar-refractivity contribution in [1.82, 2.24) is 5.32 Å². The Morgan fingerprint density at radius 1 is 0.943 bits per heavy atom. The summed E-state index contributed by atoms with van der Waals surface area (Å²) in [6.07, 6.45) is 20.3. The van der Waals surface area contributed by atoms with E-state index in [0.717, 1.165) is 38.5 Å². The van der Waals surface area contributed by atoms with Gasteiger partial charge < -0.3 is 10.1 Å². The molecule has 1 N–H and O–H groups in total. The van der Waals surface area contributed by atoms with Gasteiger partial charge in [-0.3, -0.25) is 9.59 Å². The number of hydrogen-bond donors (Lipinski definition) is 1. The van der Waals surface area contributed by atoms with Crippen LogP contribution in [0, 0.1) is 17.8 Å². The summed E-state index contributed by atoms with van der Waals surface area (Å²) in [5, 5.41) is 2.65. The monoisotopic (exact) mass is 493 g/mol. The van der Waals surface area contributed by atoms with Gasteiger partial charge in [-0.1, -0.05) is 105 Å². The molecule has 0 radical (unpaired) electrons. The molecule has 0 aliphatic heterocycles. The van der Waals surface area contributed by atoms with Crippen LogP contribution in [0.1, 0.15) is 143 Å². The van der Waals surface area contributed by atoms with E-state index in [-0.39, 0.29) is 23.9 Å². The summed E-state index contributed by atoms with van der Waals surface area (Å²) < 4.78 is 6.00. The Hall–Kier alpha value is -1.39. The molecule has 1 amide bonds. The number of esters is 1. The second kappa shape index (κ2) is 19.8. The molecule has 0 aromatic carbocycles. The minimum atomic E-state index is -0.592. The van der Waals surface area contributed by atoms with Crippen molar-refractivity contribution in [3.05, 3.63) is 0 Å². The molecule has 1 saturated carbocycles. The van der Waals surface area contributed by atoms with Crippen LogP contribution in [0.2, 0.25) is 0 Å². The number of ketones is 1. The van der Waals surface area contributed by atoms with E-state index in [0.29, 0.717) is 31.0 Å². The van der Waals surface area contributed by atoms with Crippen molar-refractivity contribution in [1.29, 1.82) is 0 Å². The Bertz CT molecular complexity index is 577. The molecule has 0 unspecified atom stereocenters. The molecule has 35 heavy (non-hydrogen) atoms. The first-order chi connectivity index (χ1) is 16.9. The molecule has 0 heterocycles. The van der Waals surface area contributed by atoms with E-state index in [1.807, 2.05) is 13.8 Å². The zero-order valence-corrected chi connectivity index (χ0v) is 23.3. The van der Waals surface area contributed by atoms with E-state index in [4.69, 9.17) is 4.74 Å². The SMILES string of the molecule is CCCCCCCCCCC[C@@H](C[C@@H]1CC(=O)[C@H]1CCCCCC)OC(=O)[C@H](CC(C)C)NC=O. The van der Waals surface area contributed by atoms with Crippen LogP contribution in [0.15, 0.2) is 0 Å². The number of hydrogen-bond acceptors (Lipinski definition) is 4. The lowest BCUT2D eigenvalue weighted by atomic mass is 9.67. The van der Waals surface area contributed by atoms with Gasteiger partial charge in [0, 0.05) is 12.3 Å². The second-order valence-electron chi connectivity index (χ2n) is 11.3. The van der Waals surface area contributed by atoms with Gasteiger partial charge in [0.1, 0.15) is 17.9 Å². The smallest absolute Gasteiger partial charge is 0.328 e. The Kier molecular flexibility index (Phi) is 17.9. The summed E-state index contributed by atoms with van der Waals surface area (Å²) in [7, 11) is 0. The number of nitrogens with one attached hydrogen (secondary N) is 1. The third-order valence-corrected chi connectivity index (χ3v) is 7.55. The maximum Gasteiger partial charge on any atom is 0.328 e. The lowest BCUT2D eigenvalue weighted by Crippen LogP contribution is -2.43. The highest BCUT2D eigenvalue weighted by atomic mass is 16.5. The number of ether oxygens (including phenoxy) is 1. The Labute approximate surface area is 215 Å². The van der Waals surface area contributed by atoms with Crippen LogP contribution in [0.25, 0.3) is 0 Å². The Morgan fingerprint density at radius 2 is 1.51 bits per heavy atom. The zero-order chi connectivity index (χ0) is 25.9. The summed E-state index contributed by atoms with van der Waals surface area (Å²) in [4.78, 5) is 36.2. The van der Waals surface area contributed by atoms with Crippen molar-refractivity contribution in [3.8, 4) is 0 Å². The molecule has 1 fully saturated rings. The van der Waals surface area contributed by atoms with E-state index in [1.54, 1.807) is 0 Å². The minimum absolute atomic E-state index is 0.149. The van der Waals surface area contributed by atoms with Gasteiger partial charge in [-0.2, -0.15) is 0 Å². The van der Waals surface area contributed by atoms with Gasteiger partial charge in [0.05, 0.1) is 0 Å². The summed E-state index contributed by atoms with van der Waals surface area (Å²) in [6.45, 7) is 8.53. The van der Waals surface area contributed by atoms with Crippen LogP contribution in [-0.4, -0.2) is 30.3 Å². The number of unbranched alkanes of at least 4 members (excludes halogenated alkanes) is 11. The highest BCUT2D eigenvalue weighted by Gasteiger charge is 2.40. The maximum atomic E-state index is 12.9. The highest BCUT2D eigenvalue weighted by Crippen LogP contribution is 2.39. The topological polar surface area (TPSA) is 72.5 Å². The third-order valence-electron chi connectivity index (χ3n) is 7.55. The molecule has 0 aromatic heterocycles. The fourth-order valence-corrected chi connectivity index (χ4v) is 5.37. The molecular formula is C30H55NO4. The van der Waals surface area contributed by atoms with E-state index in [2.05, 4.69) is 19.2 Å². The average molecular weight is 494 g/mol. The largest absolute Gasteiger partial charge is 0.461 e. The molecule has 204 valence electrons. The van der Waals surface area contributed by atoms with Crippen LogP contribution < -0.4 is 5.32 Å². The van der Waals surface area contributed by atoms with Gasteiger partial charge in [-0.15, -0.1) is 0 Å². The number of amides is 1. The van der Waals surface area contributed by atoms with Gasteiger partial charge in [0.15, 0.2) is 0 Å². The molecule has 0 spiro atoms. The van der Waals surface area contributed by atoms with Crippen LogP contribution in [0.4, 0.5) is 0 Å². The Morgan fingerprint density at radius 3 is 2.06 bits per heavy atom. The summed E-state index contributed by atoms with van der Waals surface area (Å²) >= 11 is 0. The van der Waals surface area contributed by atoms with Crippen LogP contribution in [0.3, 0.4) is 0 Å². The number of carbonyl (C=O) groups excluding carboxylic acids is 3. The number of rotatable bonds is 23. The first kappa shape index (κ1) is 31.6. The van der Waals surface area contributed by atoms with Crippen molar-refractivity contribution in [3.63, 3.8) is 0 Å². The zero-order valence-electron chi connectivity index (χ0n) is 23.3. The fraction of sp³-hybridized carbons (Fsp3) is 0.900. The van der Waals surface area contributed by atoms with Crippen molar-refractivity contribution < 1.29 is 19.1 Å². The molecule has 5 nitrogen and oxygen atoms in total. The van der Waals surface area contributed by atoms with Crippen LogP contribution in [-0.2, 0) is 19.1 Å². The summed E-state index contributed by atoms with van der Waals surface area (Å²) in [5.41, 5.74) is 0. The molecular weight excluding hydrogens is 438 g/mol. The number of Topliss-reactive ketones (excluding diaryl/α,β-unsaturated/α-hetero) is 1. The molecule has 0 saturated heterocycles. The molecule has 4 atom stereocenters. The second-order valence-corrected chi connectivity index (χ2v) is 11.3. The van der Waals surface area contributed by atoms with Crippen molar-refractivity contribution in [2.24, 2.45) is 17.8 Å². The molecule has 1 aliphatic rings. The molecule has 1 aliphatic carbocycles. The van der Waals surface area contributed by atoms with Gasteiger partial charge in [-0.05, 0) is 43.9 Å². The lowest BCUT2D eigenvalue weighted by Gasteiger charge is -2.37. The van der Waals surface area contributed by atoms with E-state index < -0.39 is 6.04 Å². The summed E-state index contributed by atoms with van der Waals surface area (Å²) in [6, 6.07) is -0.592. The fourth-order valence-electron chi connectivity index (χ4n) is 5.37. The van der Waals surface area contributed by atoms with E-state index in [1.165, 1.54) is 64.2 Å². The van der Waals surface area contributed by atoms with Crippen molar-refractivity contribution in [2.45, 2.75) is 155 Å². The standard InChI is InChI=1S/C30H55NO4/c1-5-7-9-11-12-13-14-15-16-18-26(35-30(34)28(31-23-32)20-24(3)4)21-25-22-29(33)27(25)19-17-10-8-6-2/h23-28H,5-22H2,1-4H3,(H,31,32)/t25-,26+,27+,28+/m1/s1. The van der Waals surface area contributed by atoms with Gasteiger partial charge in [-0.25, -0.2) is 4.79 Å². The molecule has 1 rings (SSSR count). The van der Waals surface area contributed by atoms with Crippen LogP contribution >= 0.6 is 0 Å². The predicted octanol–water partition coefficient (Wildman–Crippen LogP) is 7.55. The maximum absolute atomic E-state index is 12.9. The van der Waals surface area contributed by atoms with Gasteiger partial charge in [0.2, 0.25) is 6.41 Å². The van der Waals surface area contributed by atoms with Crippen molar-refractivity contribution in [2.75, 3.05) is 0 Å². The highest BCUT2D eigenvalue weighted by molar-refractivity contribution is 5.87. The first-order valence-electron chi connectivity index (χ1n) is 14.9. The Balaban J connectivity index is 2.58. The lowest BCUT2D eigenvalue weighted by molar-refractivity contribution is -0.155. The number of carbonyl (C=O) groups is 3. The van der Waals surface area contributed by atoms with E-state index >= 15 is 0 Å². The average Bonchev–Trinajstić information content (AvgIpc) is 2.81. The molecule has 5 heteroatoms. The predicted molar refractivity (Wildman–Crippen MR) is 144 cm³/mol. The van der Waals surface area contributed by atoms with Gasteiger partial charge >= 0.3 is 5.97 Å².